The third-order valence-electron chi connectivity index (χ3n) is 4.98. The molecule has 1 fully saturated rings. The molecule has 25 heavy (non-hydrogen) atoms. The van der Waals surface area contributed by atoms with Crippen LogP contribution in [0.5, 0.6) is 0 Å². The van der Waals surface area contributed by atoms with Gasteiger partial charge in [0.25, 0.3) is 0 Å². The molecule has 0 spiro atoms. The standard InChI is InChI=1S/C19H18FN5/c1-23-8-10-24(11-9-23)19-14(20)12-13-6-7-17-21-15-4-2-3-5-16(15)25(17)18(13)22-19/h2-7,12H,8-11H2,1H3. The molecule has 5 rings (SSSR count). The average molecular weight is 335 g/mol. The molecule has 1 aliphatic heterocycles. The molecule has 5 nitrogen and oxygen atoms in total. The van der Waals surface area contributed by atoms with Crippen LogP contribution in [0.3, 0.4) is 0 Å². The van der Waals surface area contributed by atoms with Crippen molar-refractivity contribution in [2.45, 2.75) is 0 Å². The summed E-state index contributed by atoms with van der Waals surface area (Å²) >= 11 is 0. The van der Waals surface area contributed by atoms with Gasteiger partial charge < -0.3 is 9.80 Å². The Labute approximate surface area is 144 Å². The summed E-state index contributed by atoms with van der Waals surface area (Å²) in [6.07, 6.45) is 0. The number of para-hydroxylation sites is 2. The molecule has 1 aliphatic rings. The van der Waals surface area contributed by atoms with Gasteiger partial charge in [-0.05, 0) is 37.4 Å². The van der Waals surface area contributed by atoms with Crippen molar-refractivity contribution in [1.82, 2.24) is 19.3 Å². The Morgan fingerprint density at radius 3 is 2.60 bits per heavy atom. The van der Waals surface area contributed by atoms with Gasteiger partial charge in [-0.15, -0.1) is 0 Å². The third kappa shape index (κ3) is 2.25. The van der Waals surface area contributed by atoms with Crippen molar-refractivity contribution in [1.29, 1.82) is 0 Å². The van der Waals surface area contributed by atoms with Crippen molar-refractivity contribution in [2.24, 2.45) is 0 Å². The number of nitrogens with zero attached hydrogens (tertiary/aromatic N) is 5. The fraction of sp³-hybridized carbons (Fsp3) is 0.263. The zero-order chi connectivity index (χ0) is 17.0. The molecule has 0 amide bonds. The maximum atomic E-state index is 14.7. The van der Waals surface area contributed by atoms with E-state index in [1.54, 1.807) is 6.07 Å². The number of aromatic nitrogens is 3. The smallest absolute Gasteiger partial charge is 0.167 e. The fourth-order valence-corrected chi connectivity index (χ4v) is 3.57. The lowest BCUT2D eigenvalue weighted by atomic mass is 10.2. The molecular weight excluding hydrogens is 317 g/mol. The molecule has 0 saturated carbocycles. The molecule has 0 unspecified atom stereocenters. The Morgan fingerprint density at radius 1 is 0.960 bits per heavy atom. The number of halogens is 1. The van der Waals surface area contributed by atoms with Crippen molar-refractivity contribution in [2.75, 3.05) is 38.1 Å². The number of hydrogen-bond donors (Lipinski definition) is 0. The topological polar surface area (TPSA) is 36.7 Å². The van der Waals surface area contributed by atoms with E-state index < -0.39 is 0 Å². The van der Waals surface area contributed by atoms with Crippen LogP contribution in [0.25, 0.3) is 27.7 Å². The second kappa shape index (κ2) is 5.39. The summed E-state index contributed by atoms with van der Waals surface area (Å²) in [6.45, 7) is 3.40. The molecule has 126 valence electrons. The van der Waals surface area contributed by atoms with Gasteiger partial charge in [0, 0.05) is 31.6 Å². The van der Waals surface area contributed by atoms with Crippen LogP contribution < -0.4 is 4.90 Å². The van der Waals surface area contributed by atoms with Gasteiger partial charge in [-0.2, -0.15) is 0 Å². The minimum atomic E-state index is -0.263. The number of hydrogen-bond acceptors (Lipinski definition) is 4. The summed E-state index contributed by atoms with van der Waals surface area (Å²) in [6, 6.07) is 13.4. The Kier molecular flexibility index (Phi) is 3.15. The van der Waals surface area contributed by atoms with E-state index in [-0.39, 0.29) is 5.82 Å². The normalized spacial score (nSPS) is 16.3. The molecule has 4 aromatic rings. The lowest BCUT2D eigenvalue weighted by molar-refractivity contribution is 0.311. The Morgan fingerprint density at radius 2 is 1.76 bits per heavy atom. The molecule has 3 aromatic heterocycles. The number of rotatable bonds is 1. The highest BCUT2D eigenvalue weighted by molar-refractivity contribution is 5.89. The summed E-state index contributed by atoms with van der Waals surface area (Å²) in [4.78, 5) is 13.7. The van der Waals surface area contributed by atoms with Crippen molar-refractivity contribution < 1.29 is 4.39 Å². The molecule has 1 aromatic carbocycles. The minimum Gasteiger partial charge on any atom is -0.352 e. The average Bonchev–Trinajstić information content (AvgIpc) is 3.01. The molecule has 0 atom stereocenters. The predicted octanol–water partition coefficient (Wildman–Crippen LogP) is 2.93. The SMILES string of the molecule is CN1CCN(c2nc3c(ccc4nc5ccccc5n43)cc2F)CC1. The monoisotopic (exact) mass is 335 g/mol. The van der Waals surface area contributed by atoms with Gasteiger partial charge in [-0.1, -0.05) is 12.1 Å². The zero-order valence-corrected chi connectivity index (χ0v) is 14.0. The van der Waals surface area contributed by atoms with Crippen LogP contribution in [0.1, 0.15) is 0 Å². The van der Waals surface area contributed by atoms with Gasteiger partial charge >= 0.3 is 0 Å². The molecule has 0 N–H and O–H groups in total. The fourth-order valence-electron chi connectivity index (χ4n) is 3.57. The highest BCUT2D eigenvalue weighted by Crippen LogP contribution is 2.26. The van der Waals surface area contributed by atoms with E-state index in [1.165, 1.54) is 0 Å². The molecule has 0 aliphatic carbocycles. The first kappa shape index (κ1) is 14.6. The van der Waals surface area contributed by atoms with Gasteiger partial charge in [0.1, 0.15) is 11.3 Å². The molecule has 0 radical (unpaired) electrons. The van der Waals surface area contributed by atoms with E-state index in [9.17, 15) is 4.39 Å². The number of anilines is 1. The highest BCUT2D eigenvalue weighted by atomic mass is 19.1. The van der Waals surface area contributed by atoms with Crippen molar-refractivity contribution >= 4 is 33.5 Å². The van der Waals surface area contributed by atoms with Crippen LogP contribution in [-0.4, -0.2) is 52.5 Å². The van der Waals surface area contributed by atoms with Crippen LogP contribution in [-0.2, 0) is 0 Å². The second-order valence-corrected chi connectivity index (χ2v) is 6.62. The zero-order valence-electron chi connectivity index (χ0n) is 14.0. The molecule has 1 saturated heterocycles. The first-order valence-corrected chi connectivity index (χ1v) is 8.51. The van der Waals surface area contributed by atoms with Crippen molar-refractivity contribution in [3.63, 3.8) is 0 Å². The van der Waals surface area contributed by atoms with Crippen LogP contribution in [0.4, 0.5) is 10.2 Å². The first-order chi connectivity index (χ1) is 12.2. The number of fused-ring (bicyclic) bond motifs is 5. The van der Waals surface area contributed by atoms with Gasteiger partial charge in [0.2, 0.25) is 0 Å². The quantitative estimate of drug-likeness (QED) is 0.536. The third-order valence-corrected chi connectivity index (χ3v) is 4.98. The van der Waals surface area contributed by atoms with Gasteiger partial charge in [-0.3, -0.25) is 4.40 Å². The summed E-state index contributed by atoms with van der Waals surface area (Å²) in [5.74, 6) is 0.173. The highest BCUT2D eigenvalue weighted by Gasteiger charge is 2.20. The lowest BCUT2D eigenvalue weighted by Crippen LogP contribution is -2.45. The number of pyridine rings is 2. The largest absolute Gasteiger partial charge is 0.352 e. The maximum Gasteiger partial charge on any atom is 0.167 e. The van der Waals surface area contributed by atoms with Crippen LogP contribution in [0.2, 0.25) is 0 Å². The van der Waals surface area contributed by atoms with E-state index >= 15 is 0 Å². The first-order valence-electron chi connectivity index (χ1n) is 8.51. The second-order valence-electron chi connectivity index (χ2n) is 6.62. The van der Waals surface area contributed by atoms with Crippen molar-refractivity contribution in [3.8, 4) is 0 Å². The predicted molar refractivity (Wildman–Crippen MR) is 97.7 cm³/mol. The number of piperazine rings is 1. The van der Waals surface area contributed by atoms with Crippen LogP contribution in [0, 0.1) is 5.82 Å². The van der Waals surface area contributed by atoms with E-state index in [0.29, 0.717) is 5.82 Å². The van der Waals surface area contributed by atoms with E-state index in [2.05, 4.69) is 16.9 Å². The summed E-state index contributed by atoms with van der Waals surface area (Å²) in [7, 11) is 2.09. The van der Waals surface area contributed by atoms with Crippen molar-refractivity contribution in [3.05, 3.63) is 48.3 Å². The maximum absolute atomic E-state index is 14.7. The van der Waals surface area contributed by atoms with E-state index in [0.717, 1.165) is 53.9 Å². The van der Waals surface area contributed by atoms with Crippen LogP contribution in [0.15, 0.2) is 42.5 Å². The molecular formula is C19H18FN5. The van der Waals surface area contributed by atoms with Gasteiger partial charge in [0.05, 0.1) is 11.0 Å². The summed E-state index contributed by atoms with van der Waals surface area (Å²) < 4.78 is 16.7. The lowest BCUT2D eigenvalue weighted by Gasteiger charge is -2.33. The number of likely N-dealkylation sites (N-methyl/N-ethyl adjacent to an activating group) is 1. The van der Waals surface area contributed by atoms with Crippen LogP contribution >= 0.6 is 0 Å². The molecule has 4 heterocycles. The molecule has 6 heteroatoms. The van der Waals surface area contributed by atoms with Gasteiger partial charge in [0.15, 0.2) is 11.6 Å². The number of imidazole rings is 1. The van der Waals surface area contributed by atoms with E-state index in [4.69, 9.17) is 4.98 Å². The van der Waals surface area contributed by atoms with Gasteiger partial charge in [-0.25, -0.2) is 14.4 Å². The Bertz CT molecular complexity index is 1100. The minimum absolute atomic E-state index is 0.263. The Balaban J connectivity index is 1.77. The Hall–Kier alpha value is -2.73. The summed E-state index contributed by atoms with van der Waals surface area (Å²) in [5.41, 5.74) is 3.49. The number of benzene rings is 1. The molecule has 0 bridgehead atoms. The summed E-state index contributed by atoms with van der Waals surface area (Å²) in [5, 5.41) is 0.783. The van der Waals surface area contributed by atoms with E-state index in [1.807, 2.05) is 45.7 Å².